The third-order valence-corrected chi connectivity index (χ3v) is 2.76. The van der Waals surface area contributed by atoms with Gasteiger partial charge in [0.05, 0.1) is 6.61 Å². The van der Waals surface area contributed by atoms with Crippen LogP contribution in [0.1, 0.15) is 30.9 Å². The highest BCUT2D eigenvalue weighted by atomic mass is 19.1. The molecular weight excluding hydrogens is 245 g/mol. The van der Waals surface area contributed by atoms with E-state index in [2.05, 4.69) is 12.2 Å². The van der Waals surface area contributed by atoms with Gasteiger partial charge < -0.3 is 14.8 Å². The Kier molecular flexibility index (Phi) is 8.38. The third kappa shape index (κ3) is 6.66. The molecule has 0 atom stereocenters. The van der Waals surface area contributed by atoms with Crippen LogP contribution in [0.2, 0.25) is 0 Å². The second kappa shape index (κ2) is 9.89. The zero-order valence-electron chi connectivity index (χ0n) is 11.9. The van der Waals surface area contributed by atoms with Crippen molar-refractivity contribution < 1.29 is 13.9 Å². The van der Waals surface area contributed by atoms with Crippen molar-refractivity contribution in [3.8, 4) is 0 Å². The molecule has 0 heterocycles. The van der Waals surface area contributed by atoms with Crippen LogP contribution in [0, 0.1) is 5.82 Å². The molecule has 0 amide bonds. The van der Waals surface area contributed by atoms with Crippen molar-refractivity contribution in [1.29, 1.82) is 0 Å². The molecule has 0 aliphatic rings. The summed E-state index contributed by atoms with van der Waals surface area (Å²) in [6, 6.07) is 5.19. The Morgan fingerprint density at radius 3 is 2.84 bits per heavy atom. The fraction of sp³-hybridized carbons (Fsp3) is 0.600. The fourth-order valence-corrected chi connectivity index (χ4v) is 1.75. The smallest absolute Gasteiger partial charge is 0.128 e. The normalized spacial score (nSPS) is 10.9. The van der Waals surface area contributed by atoms with E-state index in [0.717, 1.165) is 31.5 Å². The second-order valence-electron chi connectivity index (χ2n) is 4.50. The topological polar surface area (TPSA) is 30.5 Å². The number of hydrogen-bond donors (Lipinski definition) is 1. The highest BCUT2D eigenvalue weighted by Crippen LogP contribution is 2.12. The maximum absolute atomic E-state index is 13.6. The van der Waals surface area contributed by atoms with Crippen LogP contribution in [0.15, 0.2) is 18.2 Å². The lowest BCUT2D eigenvalue weighted by Gasteiger charge is -2.08. The van der Waals surface area contributed by atoms with Crippen molar-refractivity contribution in [2.75, 3.05) is 26.9 Å². The maximum atomic E-state index is 13.6. The van der Waals surface area contributed by atoms with Gasteiger partial charge in [0.1, 0.15) is 5.82 Å². The SMILES string of the molecule is CCCNCc1ccc(F)c(COCCCOC)c1. The van der Waals surface area contributed by atoms with E-state index in [1.807, 2.05) is 12.1 Å². The highest BCUT2D eigenvalue weighted by Gasteiger charge is 2.04. The average molecular weight is 269 g/mol. The quantitative estimate of drug-likeness (QED) is 0.663. The summed E-state index contributed by atoms with van der Waals surface area (Å²) in [7, 11) is 1.66. The first-order chi connectivity index (χ1) is 9.27. The van der Waals surface area contributed by atoms with Gasteiger partial charge in [0.15, 0.2) is 0 Å². The molecule has 1 aromatic rings. The van der Waals surface area contributed by atoms with Crippen molar-refractivity contribution in [2.24, 2.45) is 0 Å². The van der Waals surface area contributed by atoms with E-state index in [0.29, 0.717) is 25.4 Å². The molecule has 0 unspecified atom stereocenters. The van der Waals surface area contributed by atoms with Crippen molar-refractivity contribution in [1.82, 2.24) is 5.32 Å². The van der Waals surface area contributed by atoms with Crippen LogP contribution in [0.5, 0.6) is 0 Å². The monoisotopic (exact) mass is 269 g/mol. The Labute approximate surface area is 115 Å². The summed E-state index contributed by atoms with van der Waals surface area (Å²) in [5.74, 6) is -0.203. The highest BCUT2D eigenvalue weighted by molar-refractivity contribution is 5.24. The number of halogens is 1. The average Bonchev–Trinajstić information content (AvgIpc) is 2.42. The van der Waals surface area contributed by atoms with Crippen LogP contribution >= 0.6 is 0 Å². The molecule has 0 saturated heterocycles. The van der Waals surface area contributed by atoms with Gasteiger partial charge in [-0.05, 0) is 37.1 Å². The first kappa shape index (κ1) is 16.1. The lowest BCUT2D eigenvalue weighted by Crippen LogP contribution is -2.14. The Balaban J connectivity index is 2.40. The summed E-state index contributed by atoms with van der Waals surface area (Å²) in [5.41, 5.74) is 1.71. The van der Waals surface area contributed by atoms with Gasteiger partial charge >= 0.3 is 0 Å². The van der Waals surface area contributed by atoms with Crippen LogP contribution in [0.3, 0.4) is 0 Å². The predicted molar refractivity (Wildman–Crippen MR) is 74.5 cm³/mol. The Bertz CT molecular complexity index is 358. The van der Waals surface area contributed by atoms with Crippen molar-refractivity contribution in [3.05, 3.63) is 35.1 Å². The minimum Gasteiger partial charge on any atom is -0.385 e. The first-order valence-corrected chi connectivity index (χ1v) is 6.82. The summed E-state index contributed by atoms with van der Waals surface area (Å²) in [6.45, 7) is 5.44. The van der Waals surface area contributed by atoms with Gasteiger partial charge in [0.25, 0.3) is 0 Å². The number of benzene rings is 1. The van der Waals surface area contributed by atoms with Crippen molar-refractivity contribution in [3.63, 3.8) is 0 Å². The second-order valence-corrected chi connectivity index (χ2v) is 4.50. The van der Waals surface area contributed by atoms with Gasteiger partial charge in [-0.25, -0.2) is 4.39 Å². The molecule has 0 fully saturated rings. The molecule has 0 aliphatic heterocycles. The van der Waals surface area contributed by atoms with Crippen LogP contribution in [0.4, 0.5) is 4.39 Å². The number of rotatable bonds is 10. The molecule has 19 heavy (non-hydrogen) atoms. The van der Waals surface area contributed by atoms with Crippen LogP contribution in [-0.4, -0.2) is 26.9 Å². The number of ether oxygens (including phenoxy) is 2. The number of nitrogens with one attached hydrogen (secondary N) is 1. The van der Waals surface area contributed by atoms with Crippen LogP contribution < -0.4 is 5.32 Å². The van der Waals surface area contributed by atoms with Gasteiger partial charge in [-0.1, -0.05) is 13.0 Å². The Morgan fingerprint density at radius 1 is 1.26 bits per heavy atom. The molecule has 1 aromatic carbocycles. The molecule has 3 nitrogen and oxygen atoms in total. The molecule has 1 N–H and O–H groups in total. The van der Waals surface area contributed by atoms with E-state index in [-0.39, 0.29) is 5.82 Å². The Hall–Kier alpha value is -0.970. The van der Waals surface area contributed by atoms with Gasteiger partial charge in [-0.2, -0.15) is 0 Å². The van der Waals surface area contributed by atoms with E-state index in [1.165, 1.54) is 6.07 Å². The summed E-state index contributed by atoms with van der Waals surface area (Å²) in [5, 5.41) is 3.30. The standard InChI is InChI=1S/C15H24FNO2/c1-3-7-17-11-13-5-6-15(16)14(10-13)12-19-9-4-8-18-2/h5-6,10,17H,3-4,7-9,11-12H2,1-2H3. The molecule has 0 radical (unpaired) electrons. The van der Waals surface area contributed by atoms with Gasteiger partial charge in [-0.15, -0.1) is 0 Å². The van der Waals surface area contributed by atoms with Crippen molar-refractivity contribution >= 4 is 0 Å². The van der Waals surface area contributed by atoms with Crippen LogP contribution in [-0.2, 0) is 22.6 Å². The molecule has 0 aliphatic carbocycles. The molecule has 0 aromatic heterocycles. The Morgan fingerprint density at radius 2 is 2.11 bits per heavy atom. The molecule has 0 bridgehead atoms. The minimum atomic E-state index is -0.203. The van der Waals surface area contributed by atoms with E-state index in [4.69, 9.17) is 9.47 Å². The van der Waals surface area contributed by atoms with E-state index >= 15 is 0 Å². The maximum Gasteiger partial charge on any atom is 0.128 e. The number of hydrogen-bond acceptors (Lipinski definition) is 3. The number of methoxy groups -OCH3 is 1. The molecular formula is C15H24FNO2. The summed E-state index contributed by atoms with van der Waals surface area (Å²) >= 11 is 0. The summed E-state index contributed by atoms with van der Waals surface area (Å²) in [6.07, 6.45) is 1.92. The van der Waals surface area contributed by atoms with Gasteiger partial charge in [0.2, 0.25) is 0 Å². The van der Waals surface area contributed by atoms with Crippen molar-refractivity contribution in [2.45, 2.75) is 32.9 Å². The van der Waals surface area contributed by atoms with E-state index < -0.39 is 0 Å². The molecule has 0 saturated carbocycles. The molecule has 0 spiro atoms. The van der Waals surface area contributed by atoms with E-state index in [1.54, 1.807) is 7.11 Å². The molecule has 108 valence electrons. The predicted octanol–water partition coefficient (Wildman–Crippen LogP) is 2.88. The van der Waals surface area contributed by atoms with E-state index in [9.17, 15) is 4.39 Å². The largest absolute Gasteiger partial charge is 0.385 e. The fourth-order valence-electron chi connectivity index (χ4n) is 1.75. The van der Waals surface area contributed by atoms with Gasteiger partial charge in [0, 0.05) is 32.4 Å². The zero-order valence-corrected chi connectivity index (χ0v) is 11.9. The zero-order chi connectivity index (χ0) is 13.9. The molecule has 1 rings (SSSR count). The lowest BCUT2D eigenvalue weighted by molar-refractivity contribution is 0.0912. The van der Waals surface area contributed by atoms with Crippen LogP contribution in [0.25, 0.3) is 0 Å². The lowest BCUT2D eigenvalue weighted by atomic mass is 10.1. The molecule has 4 heteroatoms. The minimum absolute atomic E-state index is 0.203. The summed E-state index contributed by atoms with van der Waals surface area (Å²) in [4.78, 5) is 0. The third-order valence-electron chi connectivity index (χ3n) is 2.76. The summed E-state index contributed by atoms with van der Waals surface area (Å²) < 4.78 is 24.0. The first-order valence-electron chi connectivity index (χ1n) is 6.82. The van der Waals surface area contributed by atoms with Gasteiger partial charge in [-0.3, -0.25) is 0 Å².